The van der Waals surface area contributed by atoms with Gasteiger partial charge in [0.15, 0.2) is 6.07 Å². The zero-order chi connectivity index (χ0) is 14.8. The van der Waals surface area contributed by atoms with Crippen LogP contribution < -0.4 is 0 Å². The predicted octanol–water partition coefficient (Wildman–Crippen LogP) is 3.56. The topological polar surface area (TPSA) is 61.8 Å². The lowest BCUT2D eigenvalue weighted by atomic mass is 10.2. The number of benzene rings is 1. The van der Waals surface area contributed by atoms with Crippen molar-refractivity contribution in [1.82, 2.24) is 0 Å². The lowest BCUT2D eigenvalue weighted by Crippen LogP contribution is -2.05. The van der Waals surface area contributed by atoms with Crippen molar-refractivity contribution in [2.24, 2.45) is 0 Å². The number of halogens is 1. The standard InChI is InChI=1S/C13H18ClO5P/c1-20(16,18-9-5-8-13(15)17-11-14)19-10-12-6-3-2-4-7-12/h2-4,6-7H,5,8-11H2,1H3. The lowest BCUT2D eigenvalue weighted by molar-refractivity contribution is -0.141. The quantitative estimate of drug-likeness (QED) is 0.301. The van der Waals surface area contributed by atoms with Crippen molar-refractivity contribution in [1.29, 1.82) is 0 Å². The third-order valence-electron chi connectivity index (χ3n) is 2.38. The smallest absolute Gasteiger partial charge is 0.327 e. The molecular weight excluding hydrogens is 303 g/mol. The van der Waals surface area contributed by atoms with E-state index in [1.165, 1.54) is 6.66 Å². The fourth-order valence-corrected chi connectivity index (χ4v) is 2.42. The number of alkyl halides is 1. The number of esters is 1. The van der Waals surface area contributed by atoms with Gasteiger partial charge in [0, 0.05) is 13.1 Å². The van der Waals surface area contributed by atoms with Crippen LogP contribution in [-0.4, -0.2) is 25.3 Å². The van der Waals surface area contributed by atoms with Crippen molar-refractivity contribution in [2.45, 2.75) is 19.4 Å². The van der Waals surface area contributed by atoms with Gasteiger partial charge in [-0.2, -0.15) is 0 Å². The highest BCUT2D eigenvalue weighted by atomic mass is 35.5. The summed E-state index contributed by atoms with van der Waals surface area (Å²) in [5.74, 6) is -0.403. The zero-order valence-electron chi connectivity index (χ0n) is 11.3. The Morgan fingerprint density at radius 2 is 1.95 bits per heavy atom. The van der Waals surface area contributed by atoms with E-state index < -0.39 is 13.6 Å². The maximum Gasteiger partial charge on any atom is 0.327 e. The van der Waals surface area contributed by atoms with Crippen molar-refractivity contribution in [3.05, 3.63) is 35.9 Å². The van der Waals surface area contributed by atoms with Crippen molar-refractivity contribution in [3.8, 4) is 0 Å². The van der Waals surface area contributed by atoms with Crippen LogP contribution in [0.1, 0.15) is 18.4 Å². The molecule has 1 unspecified atom stereocenters. The third kappa shape index (κ3) is 7.65. The second-order valence-corrected chi connectivity index (χ2v) is 6.37. The van der Waals surface area contributed by atoms with Crippen molar-refractivity contribution in [3.63, 3.8) is 0 Å². The summed E-state index contributed by atoms with van der Waals surface area (Å²) in [6, 6.07) is 9.24. The summed E-state index contributed by atoms with van der Waals surface area (Å²) in [6.45, 7) is 1.80. The second-order valence-electron chi connectivity index (χ2n) is 4.09. The molecule has 0 bridgehead atoms. The van der Waals surface area contributed by atoms with Gasteiger partial charge in [-0.25, -0.2) is 0 Å². The Labute approximate surface area is 123 Å². The van der Waals surface area contributed by atoms with Gasteiger partial charge in [-0.3, -0.25) is 9.36 Å². The van der Waals surface area contributed by atoms with Crippen LogP contribution in [0.2, 0.25) is 0 Å². The Hall–Kier alpha value is -0.870. The monoisotopic (exact) mass is 320 g/mol. The average molecular weight is 321 g/mol. The highest BCUT2D eigenvalue weighted by molar-refractivity contribution is 7.52. The van der Waals surface area contributed by atoms with Crippen LogP contribution in [0.3, 0.4) is 0 Å². The Balaban J connectivity index is 2.21. The molecule has 1 aromatic rings. The van der Waals surface area contributed by atoms with E-state index in [-0.39, 0.29) is 25.7 Å². The van der Waals surface area contributed by atoms with Gasteiger partial charge < -0.3 is 13.8 Å². The van der Waals surface area contributed by atoms with Crippen LogP contribution in [-0.2, 0) is 29.8 Å². The molecule has 0 heterocycles. The molecule has 1 atom stereocenters. The highest BCUT2D eigenvalue weighted by Crippen LogP contribution is 2.44. The molecule has 0 spiro atoms. The average Bonchev–Trinajstić information content (AvgIpc) is 2.43. The summed E-state index contributed by atoms with van der Waals surface area (Å²) >= 11 is 5.24. The maximum absolute atomic E-state index is 12.0. The third-order valence-corrected chi connectivity index (χ3v) is 3.73. The van der Waals surface area contributed by atoms with Crippen LogP contribution >= 0.6 is 19.2 Å². The molecule has 1 aromatic carbocycles. The van der Waals surface area contributed by atoms with Crippen molar-refractivity contribution in [2.75, 3.05) is 19.3 Å². The summed E-state index contributed by atoms with van der Waals surface area (Å²) in [7, 11) is -3.11. The predicted molar refractivity (Wildman–Crippen MR) is 76.8 cm³/mol. The molecule has 0 aliphatic carbocycles. The molecule has 0 fully saturated rings. The SMILES string of the molecule is CP(=O)(OCCCC(=O)OCCl)OCc1ccccc1. The Morgan fingerprint density at radius 3 is 2.60 bits per heavy atom. The number of carbonyl (C=O) groups is 1. The van der Waals surface area contributed by atoms with Gasteiger partial charge in [0.2, 0.25) is 0 Å². The summed E-state index contributed by atoms with van der Waals surface area (Å²) in [5, 5.41) is 0. The van der Waals surface area contributed by atoms with E-state index in [0.29, 0.717) is 6.42 Å². The lowest BCUT2D eigenvalue weighted by Gasteiger charge is -2.14. The molecule has 0 amide bonds. The molecule has 7 heteroatoms. The molecule has 0 saturated carbocycles. The minimum absolute atomic E-state index is 0.161. The summed E-state index contributed by atoms with van der Waals surface area (Å²) in [5.41, 5.74) is 0.920. The summed E-state index contributed by atoms with van der Waals surface area (Å²) in [6.07, 6.45) is 0.577. The molecule has 5 nitrogen and oxygen atoms in total. The van der Waals surface area contributed by atoms with Gasteiger partial charge in [0.1, 0.15) is 0 Å². The molecule has 0 radical (unpaired) electrons. The van der Waals surface area contributed by atoms with Crippen LogP contribution in [0.15, 0.2) is 30.3 Å². The first-order valence-electron chi connectivity index (χ1n) is 6.15. The Morgan fingerprint density at radius 1 is 1.25 bits per heavy atom. The van der Waals surface area contributed by atoms with E-state index in [9.17, 15) is 9.36 Å². The molecule has 20 heavy (non-hydrogen) atoms. The Kier molecular flexibility index (Phi) is 7.85. The fraction of sp³-hybridized carbons (Fsp3) is 0.462. The molecule has 0 aliphatic heterocycles. The van der Waals surface area contributed by atoms with Crippen LogP contribution in [0, 0.1) is 0 Å². The highest BCUT2D eigenvalue weighted by Gasteiger charge is 2.17. The summed E-state index contributed by atoms with van der Waals surface area (Å²) < 4.78 is 27.0. The first-order chi connectivity index (χ1) is 9.53. The molecular formula is C13H18ClO5P. The van der Waals surface area contributed by atoms with E-state index in [2.05, 4.69) is 4.74 Å². The first-order valence-corrected chi connectivity index (χ1v) is 8.68. The van der Waals surface area contributed by atoms with Gasteiger partial charge >= 0.3 is 13.6 Å². The minimum atomic E-state index is -3.11. The number of hydrogen-bond acceptors (Lipinski definition) is 5. The van der Waals surface area contributed by atoms with Gasteiger partial charge in [0.05, 0.1) is 13.2 Å². The van der Waals surface area contributed by atoms with E-state index in [1.54, 1.807) is 0 Å². The minimum Gasteiger partial charge on any atom is -0.449 e. The van der Waals surface area contributed by atoms with E-state index in [0.717, 1.165) is 5.56 Å². The second kappa shape index (κ2) is 9.14. The van der Waals surface area contributed by atoms with Crippen LogP contribution in [0.5, 0.6) is 0 Å². The Bertz CT molecular complexity index is 451. The van der Waals surface area contributed by atoms with Gasteiger partial charge in [-0.1, -0.05) is 41.9 Å². The normalized spacial score (nSPS) is 13.7. The summed E-state index contributed by atoms with van der Waals surface area (Å²) in [4.78, 5) is 11.0. The van der Waals surface area contributed by atoms with Gasteiger partial charge in [-0.15, -0.1) is 0 Å². The van der Waals surface area contributed by atoms with Crippen LogP contribution in [0.4, 0.5) is 0 Å². The van der Waals surface area contributed by atoms with E-state index in [1.807, 2.05) is 30.3 Å². The van der Waals surface area contributed by atoms with Gasteiger partial charge in [0.25, 0.3) is 0 Å². The number of ether oxygens (including phenoxy) is 1. The van der Waals surface area contributed by atoms with Gasteiger partial charge in [-0.05, 0) is 12.0 Å². The molecule has 1 rings (SSSR count). The largest absolute Gasteiger partial charge is 0.449 e. The maximum atomic E-state index is 12.0. The molecule has 112 valence electrons. The molecule has 0 aliphatic rings. The van der Waals surface area contributed by atoms with Crippen molar-refractivity contribution >= 4 is 25.2 Å². The molecule has 0 saturated heterocycles. The fourth-order valence-electron chi connectivity index (χ4n) is 1.38. The van der Waals surface area contributed by atoms with Crippen LogP contribution in [0.25, 0.3) is 0 Å². The molecule has 0 N–H and O–H groups in total. The van der Waals surface area contributed by atoms with E-state index in [4.69, 9.17) is 20.6 Å². The number of carbonyl (C=O) groups excluding carboxylic acids is 1. The number of rotatable bonds is 9. The molecule has 0 aromatic heterocycles. The number of hydrogen-bond donors (Lipinski definition) is 0. The zero-order valence-corrected chi connectivity index (χ0v) is 12.9. The first kappa shape index (κ1) is 17.2. The van der Waals surface area contributed by atoms with E-state index >= 15 is 0 Å². The van der Waals surface area contributed by atoms with Crippen molar-refractivity contribution < 1.29 is 23.1 Å².